The van der Waals surface area contributed by atoms with Crippen LogP contribution < -0.4 is 27.4 Å². The first-order valence-corrected chi connectivity index (χ1v) is 28.5. The molecule has 20 nitrogen and oxygen atoms in total. The van der Waals surface area contributed by atoms with Gasteiger partial charge in [-0.2, -0.15) is 0 Å². The Hall–Kier alpha value is -5.96. The number of primary amides is 1. The summed E-state index contributed by atoms with van der Waals surface area (Å²) in [5.41, 5.74) is 13.0. The maximum atomic E-state index is 14.8. The molecule has 3 rings (SSSR count). The molecule has 0 unspecified atom stereocenters. The molecule has 2 aromatic carbocycles. The smallest absolute Gasteiger partial charge is 0.410 e. The molecular weight excluding hydrogens is 1020 g/mol. The van der Waals surface area contributed by atoms with Gasteiger partial charge in [0, 0.05) is 71.8 Å². The predicted octanol–water partition coefficient (Wildman–Crippen LogP) is 6.62. The van der Waals surface area contributed by atoms with E-state index in [4.69, 9.17) is 25.7 Å². The zero-order chi connectivity index (χ0) is 60.1. The topological polar surface area (TPSA) is 282 Å². The molecule has 1 heterocycles. The number of nitrogens with one attached hydrogen (secondary N) is 3. The fraction of sp³-hybridized carbons (Fsp3) is 0.667. The van der Waals surface area contributed by atoms with Crippen LogP contribution in [0.25, 0.3) is 0 Å². The Bertz CT molecular complexity index is 2320. The summed E-state index contributed by atoms with van der Waals surface area (Å²) in [7, 11) is 6.24. The van der Waals surface area contributed by atoms with E-state index in [1.54, 1.807) is 67.1 Å². The van der Waals surface area contributed by atoms with Crippen molar-refractivity contribution in [3.05, 3.63) is 65.7 Å². The zero-order valence-electron chi connectivity index (χ0n) is 50.1. The van der Waals surface area contributed by atoms with Crippen LogP contribution in [-0.2, 0) is 49.6 Å². The molecule has 0 saturated carbocycles. The molecule has 0 radical (unpaired) electrons. The van der Waals surface area contributed by atoms with Gasteiger partial charge in [0.2, 0.25) is 23.6 Å². The minimum Gasteiger partial charge on any atom is -0.445 e. The number of likely N-dealkylation sites (tertiary alicyclic amines) is 1. The lowest BCUT2D eigenvalue weighted by molar-refractivity contribution is -0.149. The molecule has 8 N–H and O–H groups in total. The van der Waals surface area contributed by atoms with Crippen LogP contribution in [0.1, 0.15) is 138 Å². The van der Waals surface area contributed by atoms with Crippen molar-refractivity contribution in [1.29, 1.82) is 0 Å². The molecule has 0 aliphatic carbocycles. The lowest BCUT2D eigenvalue weighted by Crippen LogP contribution is -2.55. The molecule has 1 aliphatic rings. The van der Waals surface area contributed by atoms with E-state index in [1.807, 2.05) is 73.6 Å². The summed E-state index contributed by atoms with van der Waals surface area (Å²) in [5, 5.41) is 19.2. The van der Waals surface area contributed by atoms with Crippen LogP contribution in [0.3, 0.4) is 0 Å². The number of methoxy groups -OCH3 is 2. The highest BCUT2D eigenvalue weighted by atomic mass is 16.6. The third kappa shape index (κ3) is 19.6. The van der Waals surface area contributed by atoms with Gasteiger partial charge in [0.25, 0.3) is 0 Å². The van der Waals surface area contributed by atoms with E-state index in [9.17, 15) is 43.5 Å². The predicted molar refractivity (Wildman–Crippen MR) is 307 cm³/mol. The van der Waals surface area contributed by atoms with Gasteiger partial charge < -0.3 is 61.4 Å². The number of aliphatic hydroxyl groups excluding tert-OH is 1. The molecule has 2 aromatic rings. The molecule has 0 bridgehead atoms. The van der Waals surface area contributed by atoms with Crippen LogP contribution in [0.4, 0.5) is 15.3 Å². The van der Waals surface area contributed by atoms with Crippen molar-refractivity contribution in [3.8, 4) is 0 Å². The molecule has 80 heavy (non-hydrogen) atoms. The number of Topliss-reactive ketones (excluding diaryl/α,β-unsaturated/α-hetero) is 2. The van der Waals surface area contributed by atoms with Crippen LogP contribution >= 0.6 is 0 Å². The van der Waals surface area contributed by atoms with Crippen LogP contribution in [0.15, 0.2) is 54.6 Å². The summed E-state index contributed by atoms with van der Waals surface area (Å²) in [6.07, 6.45) is -0.627. The van der Waals surface area contributed by atoms with E-state index >= 15 is 0 Å². The number of urea groups is 1. The van der Waals surface area contributed by atoms with Gasteiger partial charge in [0.15, 0.2) is 11.6 Å². The highest BCUT2D eigenvalue weighted by Crippen LogP contribution is 2.32. The average molecular weight is 1120 g/mol. The second-order valence-electron chi connectivity index (χ2n) is 22.9. The van der Waals surface area contributed by atoms with Crippen LogP contribution in [0.2, 0.25) is 0 Å². The Labute approximate surface area is 475 Å². The Morgan fingerprint density at radius 2 is 1.43 bits per heavy atom. The number of ether oxygens (including phenoxy) is 3. The van der Waals surface area contributed by atoms with E-state index in [2.05, 4.69) is 16.0 Å². The molecular formula is C60H96N8O12. The molecule has 20 heteroatoms. The first-order chi connectivity index (χ1) is 37.7. The molecule has 0 aromatic heterocycles. The third-order valence-electron chi connectivity index (χ3n) is 16.0. The van der Waals surface area contributed by atoms with E-state index in [1.165, 1.54) is 26.2 Å². The SMILES string of the molecule is CC[C@H](C)[C@@H]([C@@H](CC(=O)N1CCC[C@H]1[C@H](OC)[C@@H](C)C(=O)N[C@H](C)[C@@H](O)c1ccccc1)OC)N(C)C(=O)[C@@H](CC(=O)[C@H](C(C)C)N(C)C(=O)OCc1ccc(NC(=O)[C@H](CCCNC(N)=O)CC(=O)[C@@H](N)C(C)C)cc1)C(C)C. The van der Waals surface area contributed by atoms with Crippen LogP contribution in [0.5, 0.6) is 0 Å². The lowest BCUT2D eigenvalue weighted by Gasteiger charge is -2.41. The number of aliphatic hydroxyl groups is 1. The number of carbonyl (C=O) groups excluding carboxylic acids is 8. The number of rotatable bonds is 33. The first kappa shape index (κ1) is 68.3. The van der Waals surface area contributed by atoms with Gasteiger partial charge >= 0.3 is 12.1 Å². The fourth-order valence-electron chi connectivity index (χ4n) is 10.8. The number of hydrogen-bond acceptors (Lipinski definition) is 13. The Balaban J connectivity index is 1.70. The van der Waals surface area contributed by atoms with Crippen molar-refractivity contribution in [1.82, 2.24) is 25.3 Å². The van der Waals surface area contributed by atoms with Gasteiger partial charge in [-0.1, -0.05) is 111 Å². The third-order valence-corrected chi connectivity index (χ3v) is 16.0. The number of carbonyl (C=O) groups is 8. The number of ketones is 2. The molecule has 12 atom stereocenters. The van der Waals surface area contributed by atoms with Crippen molar-refractivity contribution < 1.29 is 57.7 Å². The zero-order valence-corrected chi connectivity index (χ0v) is 50.1. The lowest BCUT2D eigenvalue weighted by atomic mass is 9.83. The number of hydrogen-bond donors (Lipinski definition) is 6. The van der Waals surface area contributed by atoms with Crippen molar-refractivity contribution in [2.45, 2.75) is 176 Å². The summed E-state index contributed by atoms with van der Waals surface area (Å²) in [6, 6.07) is 11.8. The first-order valence-electron chi connectivity index (χ1n) is 28.5. The minimum absolute atomic E-state index is 0.0521. The summed E-state index contributed by atoms with van der Waals surface area (Å²) in [4.78, 5) is 113. The van der Waals surface area contributed by atoms with E-state index < -0.39 is 78.4 Å². The molecule has 1 saturated heterocycles. The number of nitrogens with zero attached hydrogens (tertiary/aromatic N) is 3. The number of nitrogens with two attached hydrogens (primary N) is 2. The Morgan fingerprint density at radius 1 is 0.787 bits per heavy atom. The average Bonchev–Trinajstić information content (AvgIpc) is 3.91. The fourth-order valence-corrected chi connectivity index (χ4v) is 10.8. The largest absolute Gasteiger partial charge is 0.445 e. The highest BCUT2D eigenvalue weighted by Gasteiger charge is 2.44. The second-order valence-corrected chi connectivity index (χ2v) is 22.9. The summed E-state index contributed by atoms with van der Waals surface area (Å²) in [5.74, 6) is -4.76. The molecule has 7 amide bonds. The Kier molecular flexibility index (Phi) is 28.3. The maximum absolute atomic E-state index is 14.8. The van der Waals surface area contributed by atoms with Crippen molar-refractivity contribution in [2.24, 2.45) is 52.9 Å². The molecule has 1 aliphatic heterocycles. The van der Waals surface area contributed by atoms with E-state index in [-0.39, 0.29) is 91.3 Å². The summed E-state index contributed by atoms with van der Waals surface area (Å²) in [6.45, 7) is 19.1. The molecule has 448 valence electrons. The second kappa shape index (κ2) is 33.1. The van der Waals surface area contributed by atoms with Gasteiger partial charge in [0.1, 0.15) is 6.61 Å². The quantitative estimate of drug-likeness (QED) is 0.0411. The Morgan fingerprint density at radius 3 is 1.98 bits per heavy atom. The van der Waals surface area contributed by atoms with Gasteiger partial charge in [-0.25, -0.2) is 9.59 Å². The van der Waals surface area contributed by atoms with Crippen molar-refractivity contribution in [2.75, 3.05) is 46.7 Å². The van der Waals surface area contributed by atoms with Gasteiger partial charge in [-0.3, -0.25) is 28.8 Å². The summed E-state index contributed by atoms with van der Waals surface area (Å²) < 4.78 is 17.7. The minimum atomic E-state index is -0.932. The maximum Gasteiger partial charge on any atom is 0.410 e. The van der Waals surface area contributed by atoms with Crippen LogP contribution in [0, 0.1) is 41.4 Å². The van der Waals surface area contributed by atoms with Crippen molar-refractivity contribution >= 4 is 53.0 Å². The van der Waals surface area contributed by atoms with E-state index in [0.717, 1.165) is 0 Å². The van der Waals surface area contributed by atoms with Gasteiger partial charge in [-0.15, -0.1) is 0 Å². The number of likely N-dealkylation sites (N-methyl/N-ethyl adjacent to an activating group) is 2. The monoisotopic (exact) mass is 1120 g/mol. The van der Waals surface area contributed by atoms with Crippen molar-refractivity contribution in [3.63, 3.8) is 0 Å². The highest BCUT2D eigenvalue weighted by molar-refractivity contribution is 5.96. The standard InChI is InChI=1S/C60H96N8O12/c1-15-38(8)53(49(78-13)33-50(71)68-30-20-24-46(68)55(79-14)39(9)56(73)64-40(10)54(72)42-21-17-16-18-22-42)66(11)58(75)45(35(2)3)32-48(70)52(37(6)7)67(12)60(77)80-34-41-25-27-44(28-26-41)65-57(74)43(23-19-29-63-59(62)76)31-47(69)51(61)36(4)5/h16-18,21-22,25-28,35-40,43,45-46,49,51-55,72H,15,19-20,23-24,29-34,61H2,1-14H3,(H,64,73)(H,65,74)(H3,62,63,76)/t38-,39+,40+,43+,45-,46-,49+,51-,52-,53-,54+,55+/m0/s1. The molecule has 1 fully saturated rings. The summed E-state index contributed by atoms with van der Waals surface area (Å²) >= 11 is 0. The number of amides is 7. The van der Waals surface area contributed by atoms with Gasteiger partial charge in [0.05, 0.1) is 60.9 Å². The number of benzene rings is 2. The van der Waals surface area contributed by atoms with Gasteiger partial charge in [-0.05, 0) is 79.5 Å². The van der Waals surface area contributed by atoms with Crippen LogP contribution in [-0.4, -0.2) is 151 Å². The molecule has 0 spiro atoms. The normalized spacial score (nSPS) is 17.7. The number of anilines is 1. The van der Waals surface area contributed by atoms with E-state index in [0.29, 0.717) is 55.5 Å².